The molecule has 5 nitrogen and oxygen atoms in total. The summed E-state index contributed by atoms with van der Waals surface area (Å²) >= 11 is 0. The third kappa shape index (κ3) is 4.00. The Labute approximate surface area is 115 Å². The predicted octanol–water partition coefficient (Wildman–Crippen LogP) is 2.44. The van der Waals surface area contributed by atoms with E-state index in [1.54, 1.807) is 0 Å². The molecule has 2 rings (SSSR count). The second kappa shape index (κ2) is 6.20. The summed E-state index contributed by atoms with van der Waals surface area (Å²) in [6.07, 6.45) is -4.55. The summed E-state index contributed by atoms with van der Waals surface area (Å²) < 4.78 is 67.1. The lowest BCUT2D eigenvalue weighted by Crippen LogP contribution is -2.14. The molecule has 0 aliphatic rings. The minimum absolute atomic E-state index is 0.0205. The van der Waals surface area contributed by atoms with E-state index >= 15 is 0 Å². The quantitative estimate of drug-likeness (QED) is 0.658. The van der Waals surface area contributed by atoms with Crippen LogP contribution in [0.25, 0.3) is 5.52 Å². The van der Waals surface area contributed by atoms with E-state index < -0.39 is 24.9 Å². The van der Waals surface area contributed by atoms with Crippen molar-refractivity contribution < 1.29 is 26.7 Å². The SMILES string of the molecule is FC(F)COCCNc1nccn2nc(C(F)(F)F)cc12. The number of anilines is 1. The third-order valence-electron chi connectivity index (χ3n) is 2.46. The molecule has 0 unspecified atom stereocenters. The van der Waals surface area contributed by atoms with E-state index in [1.165, 1.54) is 12.4 Å². The third-order valence-corrected chi connectivity index (χ3v) is 2.46. The standard InChI is InChI=1S/C11H11F5N4O/c12-9(13)6-21-4-2-18-10-7-5-8(11(14,15)16)19-20(7)3-1-17-10/h1,3,5,9H,2,4,6H2,(H,17,18). The molecule has 0 aliphatic carbocycles. The average molecular weight is 310 g/mol. The van der Waals surface area contributed by atoms with Crippen molar-refractivity contribution in [2.24, 2.45) is 0 Å². The van der Waals surface area contributed by atoms with Crippen molar-refractivity contribution in [3.63, 3.8) is 0 Å². The van der Waals surface area contributed by atoms with Gasteiger partial charge in [-0.25, -0.2) is 18.3 Å². The zero-order valence-electron chi connectivity index (χ0n) is 10.6. The first kappa shape index (κ1) is 15.4. The van der Waals surface area contributed by atoms with Gasteiger partial charge < -0.3 is 10.1 Å². The van der Waals surface area contributed by atoms with E-state index in [0.717, 1.165) is 10.6 Å². The summed E-state index contributed by atoms with van der Waals surface area (Å²) in [6, 6.07) is 0.856. The molecular formula is C11H11F5N4O. The van der Waals surface area contributed by atoms with Crippen LogP contribution < -0.4 is 5.32 Å². The maximum atomic E-state index is 12.6. The summed E-state index contributed by atoms with van der Waals surface area (Å²) in [5, 5.41) is 6.11. The van der Waals surface area contributed by atoms with Gasteiger partial charge in [0, 0.05) is 25.0 Å². The molecule has 0 saturated carbocycles. The molecule has 2 aromatic rings. The van der Waals surface area contributed by atoms with Crippen LogP contribution in [0.3, 0.4) is 0 Å². The topological polar surface area (TPSA) is 51.5 Å². The van der Waals surface area contributed by atoms with E-state index in [9.17, 15) is 22.0 Å². The van der Waals surface area contributed by atoms with Crippen molar-refractivity contribution in [1.29, 1.82) is 0 Å². The van der Waals surface area contributed by atoms with Gasteiger partial charge >= 0.3 is 6.18 Å². The molecule has 10 heteroatoms. The van der Waals surface area contributed by atoms with Gasteiger partial charge in [0.1, 0.15) is 12.1 Å². The molecule has 2 aromatic heterocycles. The fourth-order valence-electron chi connectivity index (χ4n) is 1.61. The van der Waals surface area contributed by atoms with Crippen LogP contribution in [0.4, 0.5) is 27.8 Å². The fraction of sp³-hybridized carbons (Fsp3) is 0.455. The summed E-state index contributed by atoms with van der Waals surface area (Å²) in [5.74, 6) is 0.168. The average Bonchev–Trinajstić information content (AvgIpc) is 2.82. The number of hydrogen-bond acceptors (Lipinski definition) is 4. The van der Waals surface area contributed by atoms with Gasteiger partial charge in [-0.05, 0) is 0 Å². The molecule has 0 atom stereocenters. The molecule has 0 bridgehead atoms. The van der Waals surface area contributed by atoms with Gasteiger partial charge in [0.25, 0.3) is 6.43 Å². The Balaban J connectivity index is 2.04. The lowest BCUT2D eigenvalue weighted by molar-refractivity contribution is -0.141. The van der Waals surface area contributed by atoms with Crippen LogP contribution in [0.2, 0.25) is 0 Å². The van der Waals surface area contributed by atoms with Gasteiger partial charge in [0.15, 0.2) is 11.5 Å². The fourth-order valence-corrected chi connectivity index (χ4v) is 1.61. The molecule has 0 fully saturated rings. The molecule has 0 saturated heterocycles. The molecule has 0 aromatic carbocycles. The van der Waals surface area contributed by atoms with Crippen LogP contribution in [-0.4, -0.2) is 40.8 Å². The van der Waals surface area contributed by atoms with Crippen LogP contribution in [0.5, 0.6) is 0 Å². The van der Waals surface area contributed by atoms with Gasteiger partial charge in [0.2, 0.25) is 0 Å². The predicted molar refractivity (Wildman–Crippen MR) is 63.3 cm³/mol. The first-order chi connectivity index (χ1) is 9.88. The van der Waals surface area contributed by atoms with E-state index in [4.69, 9.17) is 0 Å². The van der Waals surface area contributed by atoms with E-state index in [2.05, 4.69) is 20.1 Å². The van der Waals surface area contributed by atoms with E-state index in [0.29, 0.717) is 0 Å². The van der Waals surface area contributed by atoms with Gasteiger partial charge in [-0.3, -0.25) is 0 Å². The maximum Gasteiger partial charge on any atom is 0.435 e. The highest BCUT2D eigenvalue weighted by molar-refractivity contribution is 5.67. The number of hydrogen-bond donors (Lipinski definition) is 1. The summed E-state index contributed by atoms with van der Waals surface area (Å²) in [5.41, 5.74) is -0.897. The van der Waals surface area contributed by atoms with Crippen LogP contribution >= 0.6 is 0 Å². The Kier molecular flexibility index (Phi) is 4.56. The molecule has 1 N–H and O–H groups in total. The van der Waals surface area contributed by atoms with Crippen molar-refractivity contribution in [1.82, 2.24) is 14.6 Å². The summed E-state index contributed by atoms with van der Waals surface area (Å²) in [7, 11) is 0. The van der Waals surface area contributed by atoms with E-state index in [1.807, 2.05) is 0 Å². The molecule has 0 radical (unpaired) electrons. The van der Waals surface area contributed by atoms with Crippen molar-refractivity contribution in [3.05, 3.63) is 24.2 Å². The minimum atomic E-state index is -4.55. The van der Waals surface area contributed by atoms with Gasteiger partial charge in [0.05, 0.1) is 6.61 Å². The summed E-state index contributed by atoms with van der Waals surface area (Å²) in [4.78, 5) is 3.89. The number of ether oxygens (including phenoxy) is 1. The molecule has 0 aliphatic heterocycles. The number of halogens is 5. The monoisotopic (exact) mass is 310 g/mol. The van der Waals surface area contributed by atoms with Crippen molar-refractivity contribution >= 4 is 11.3 Å². The second-order valence-electron chi connectivity index (χ2n) is 4.03. The molecule has 0 spiro atoms. The maximum absolute atomic E-state index is 12.6. The Morgan fingerprint density at radius 1 is 1.33 bits per heavy atom. The minimum Gasteiger partial charge on any atom is -0.374 e. The number of fused-ring (bicyclic) bond motifs is 1. The van der Waals surface area contributed by atoms with E-state index in [-0.39, 0.29) is 24.5 Å². The lowest BCUT2D eigenvalue weighted by atomic mass is 10.3. The van der Waals surface area contributed by atoms with Gasteiger partial charge in [-0.1, -0.05) is 0 Å². The normalized spacial score (nSPS) is 12.3. The highest BCUT2D eigenvalue weighted by Gasteiger charge is 2.34. The van der Waals surface area contributed by atoms with Crippen LogP contribution in [0.1, 0.15) is 5.69 Å². The zero-order valence-corrected chi connectivity index (χ0v) is 10.6. The first-order valence-electron chi connectivity index (χ1n) is 5.89. The number of nitrogens with one attached hydrogen (secondary N) is 1. The van der Waals surface area contributed by atoms with Crippen molar-refractivity contribution in [3.8, 4) is 0 Å². The second-order valence-corrected chi connectivity index (χ2v) is 4.03. The summed E-state index contributed by atoms with van der Waals surface area (Å²) in [6.45, 7) is -0.580. The van der Waals surface area contributed by atoms with Crippen molar-refractivity contribution in [2.75, 3.05) is 25.1 Å². The first-order valence-corrected chi connectivity index (χ1v) is 5.89. The Bertz CT molecular complexity index is 598. The number of nitrogens with zero attached hydrogens (tertiary/aromatic N) is 3. The van der Waals surface area contributed by atoms with Crippen molar-refractivity contribution in [2.45, 2.75) is 12.6 Å². The Morgan fingerprint density at radius 3 is 2.76 bits per heavy atom. The number of rotatable bonds is 6. The molecule has 2 heterocycles. The largest absolute Gasteiger partial charge is 0.435 e. The molecule has 21 heavy (non-hydrogen) atoms. The highest BCUT2D eigenvalue weighted by atomic mass is 19.4. The Hall–Kier alpha value is -1.97. The molecular weight excluding hydrogens is 299 g/mol. The van der Waals surface area contributed by atoms with Crippen LogP contribution in [-0.2, 0) is 10.9 Å². The zero-order chi connectivity index (χ0) is 15.5. The number of aromatic nitrogens is 3. The van der Waals surface area contributed by atoms with Gasteiger partial charge in [-0.15, -0.1) is 0 Å². The molecule has 0 amide bonds. The van der Waals surface area contributed by atoms with Crippen LogP contribution in [0.15, 0.2) is 18.5 Å². The van der Waals surface area contributed by atoms with Crippen LogP contribution in [0, 0.1) is 0 Å². The molecule has 116 valence electrons. The van der Waals surface area contributed by atoms with Gasteiger partial charge in [-0.2, -0.15) is 18.3 Å². The lowest BCUT2D eigenvalue weighted by Gasteiger charge is -2.07. The Morgan fingerprint density at radius 2 is 2.10 bits per heavy atom. The highest BCUT2D eigenvalue weighted by Crippen LogP contribution is 2.29. The smallest absolute Gasteiger partial charge is 0.374 e. The number of alkyl halides is 5.